The van der Waals surface area contributed by atoms with Crippen LogP contribution in [0.3, 0.4) is 0 Å². The first-order chi connectivity index (χ1) is 10.7. The Bertz CT molecular complexity index is 785. The van der Waals surface area contributed by atoms with Crippen LogP contribution >= 0.6 is 0 Å². The van der Waals surface area contributed by atoms with Crippen molar-refractivity contribution in [3.8, 4) is 6.07 Å². The van der Waals surface area contributed by atoms with E-state index in [2.05, 4.69) is 66.3 Å². The second-order valence-corrected chi connectivity index (χ2v) is 5.74. The van der Waals surface area contributed by atoms with Crippen molar-refractivity contribution in [2.24, 2.45) is 0 Å². The number of hydrogen-bond donors (Lipinski definition) is 0. The molecule has 1 aliphatic heterocycles. The van der Waals surface area contributed by atoms with Gasteiger partial charge in [-0.05, 0) is 62.0 Å². The summed E-state index contributed by atoms with van der Waals surface area (Å²) in [5, 5.41) is 9.20. The summed E-state index contributed by atoms with van der Waals surface area (Å²) < 4.78 is 2.13. The van der Waals surface area contributed by atoms with Crippen molar-refractivity contribution in [1.29, 1.82) is 5.26 Å². The molecule has 0 fully saturated rings. The predicted molar refractivity (Wildman–Crippen MR) is 91.1 cm³/mol. The Morgan fingerprint density at radius 1 is 1.27 bits per heavy atom. The fourth-order valence-corrected chi connectivity index (χ4v) is 2.74. The van der Waals surface area contributed by atoms with Crippen LogP contribution in [0, 0.1) is 11.3 Å². The zero-order chi connectivity index (χ0) is 15.5. The third kappa shape index (κ3) is 2.74. The van der Waals surface area contributed by atoms with Gasteiger partial charge in [-0.2, -0.15) is 5.26 Å². The summed E-state index contributed by atoms with van der Waals surface area (Å²) in [4.78, 5) is 2.18. The molecule has 2 aromatic rings. The second-order valence-electron chi connectivity index (χ2n) is 5.74. The van der Waals surface area contributed by atoms with Gasteiger partial charge in [-0.3, -0.25) is 0 Å². The van der Waals surface area contributed by atoms with Crippen LogP contribution in [0.2, 0.25) is 0 Å². The Hall–Kier alpha value is -2.57. The zero-order valence-corrected chi connectivity index (χ0v) is 13.0. The van der Waals surface area contributed by atoms with Crippen molar-refractivity contribution in [2.75, 3.05) is 20.6 Å². The van der Waals surface area contributed by atoms with Gasteiger partial charge < -0.3 is 9.47 Å². The molecule has 0 spiro atoms. The number of nitriles is 1. The van der Waals surface area contributed by atoms with E-state index in [9.17, 15) is 5.26 Å². The van der Waals surface area contributed by atoms with Crippen molar-refractivity contribution in [3.05, 3.63) is 65.0 Å². The van der Waals surface area contributed by atoms with E-state index in [0.717, 1.165) is 24.1 Å². The molecule has 0 N–H and O–H groups in total. The molecule has 0 aliphatic carbocycles. The summed E-state index contributed by atoms with van der Waals surface area (Å²) in [7, 11) is 4.16. The van der Waals surface area contributed by atoms with Crippen LogP contribution in [0.5, 0.6) is 0 Å². The molecule has 0 bridgehead atoms. The maximum Gasteiger partial charge on any atom is 0.0991 e. The quantitative estimate of drug-likeness (QED) is 0.736. The summed E-state index contributed by atoms with van der Waals surface area (Å²) in [6.07, 6.45) is 9.49. The molecular weight excluding hydrogens is 270 g/mol. The maximum atomic E-state index is 9.20. The molecule has 0 atom stereocenters. The molecule has 3 nitrogen and oxygen atoms in total. The minimum Gasteiger partial charge on any atom is -0.323 e. The first kappa shape index (κ1) is 14.4. The Labute approximate surface area is 131 Å². The second kappa shape index (κ2) is 6.05. The summed E-state index contributed by atoms with van der Waals surface area (Å²) in [5.41, 5.74) is 5.35. The lowest BCUT2D eigenvalue weighted by Gasteiger charge is -2.12. The van der Waals surface area contributed by atoms with Crippen LogP contribution in [-0.2, 0) is 0 Å². The van der Waals surface area contributed by atoms with Gasteiger partial charge in [0.05, 0.1) is 17.3 Å². The van der Waals surface area contributed by atoms with Gasteiger partial charge in [0.25, 0.3) is 0 Å². The standard InChI is InChI=1S/C19H19N3/c1-21(2)10-3-5-17-18-13-15(14-20)7-8-16(18)9-12-22-11-4-6-19(17)22/h4-9,11-13H,3,10H2,1-2H3/b17-5+. The fraction of sp³-hybridized carbons (Fsp3) is 0.211. The highest BCUT2D eigenvalue weighted by Crippen LogP contribution is 2.32. The molecular formula is C19H19N3. The lowest BCUT2D eigenvalue weighted by atomic mass is 9.95. The molecule has 0 amide bonds. The molecule has 2 heterocycles. The largest absolute Gasteiger partial charge is 0.323 e. The first-order valence-electron chi connectivity index (χ1n) is 7.44. The van der Waals surface area contributed by atoms with Gasteiger partial charge in [0.1, 0.15) is 0 Å². The van der Waals surface area contributed by atoms with Crippen molar-refractivity contribution in [1.82, 2.24) is 9.47 Å². The number of fused-ring (bicyclic) bond motifs is 2. The molecule has 1 aromatic heterocycles. The summed E-state index contributed by atoms with van der Waals surface area (Å²) in [5.74, 6) is 0. The summed E-state index contributed by atoms with van der Waals surface area (Å²) >= 11 is 0. The maximum absolute atomic E-state index is 9.20. The normalized spacial score (nSPS) is 14.5. The van der Waals surface area contributed by atoms with Gasteiger partial charge >= 0.3 is 0 Å². The molecule has 0 unspecified atom stereocenters. The van der Waals surface area contributed by atoms with Crippen LogP contribution in [0.15, 0.2) is 42.6 Å². The number of rotatable bonds is 3. The summed E-state index contributed by atoms with van der Waals surface area (Å²) in [6, 6.07) is 12.3. The van der Waals surface area contributed by atoms with E-state index in [4.69, 9.17) is 0 Å². The minimum atomic E-state index is 0.700. The lowest BCUT2D eigenvalue weighted by molar-refractivity contribution is 0.417. The van der Waals surface area contributed by atoms with E-state index in [0.29, 0.717) is 5.56 Å². The smallest absolute Gasteiger partial charge is 0.0991 e. The Kier molecular flexibility index (Phi) is 3.95. The highest BCUT2D eigenvalue weighted by atomic mass is 15.0. The van der Waals surface area contributed by atoms with Crippen LogP contribution in [-0.4, -0.2) is 30.1 Å². The van der Waals surface area contributed by atoms with Gasteiger partial charge in [0, 0.05) is 24.5 Å². The third-order valence-electron chi connectivity index (χ3n) is 3.87. The Morgan fingerprint density at radius 3 is 2.91 bits per heavy atom. The van der Waals surface area contributed by atoms with Crippen molar-refractivity contribution in [2.45, 2.75) is 6.42 Å². The number of hydrogen-bond acceptors (Lipinski definition) is 2. The Morgan fingerprint density at radius 2 is 2.14 bits per heavy atom. The number of aromatic nitrogens is 1. The van der Waals surface area contributed by atoms with Gasteiger partial charge in [-0.1, -0.05) is 12.1 Å². The van der Waals surface area contributed by atoms with E-state index < -0.39 is 0 Å². The van der Waals surface area contributed by atoms with Crippen LogP contribution < -0.4 is 0 Å². The topological polar surface area (TPSA) is 32.0 Å². The van der Waals surface area contributed by atoms with Gasteiger partial charge in [-0.25, -0.2) is 0 Å². The molecule has 1 aliphatic rings. The monoisotopic (exact) mass is 289 g/mol. The average Bonchev–Trinajstić information content (AvgIpc) is 2.92. The van der Waals surface area contributed by atoms with E-state index in [1.54, 1.807) is 0 Å². The molecule has 1 aromatic carbocycles. The molecule has 0 saturated carbocycles. The van der Waals surface area contributed by atoms with Crippen molar-refractivity contribution in [3.63, 3.8) is 0 Å². The molecule has 3 rings (SSSR count). The summed E-state index contributed by atoms with van der Waals surface area (Å²) in [6.45, 7) is 1.00. The fourth-order valence-electron chi connectivity index (χ4n) is 2.74. The van der Waals surface area contributed by atoms with Crippen LogP contribution in [0.1, 0.15) is 28.8 Å². The molecule has 0 radical (unpaired) electrons. The molecule has 0 saturated heterocycles. The van der Waals surface area contributed by atoms with E-state index in [1.807, 2.05) is 18.2 Å². The van der Waals surface area contributed by atoms with Crippen LogP contribution in [0.25, 0.3) is 17.8 Å². The van der Waals surface area contributed by atoms with Gasteiger partial charge in [0.15, 0.2) is 0 Å². The highest BCUT2D eigenvalue weighted by molar-refractivity contribution is 5.88. The SMILES string of the molecule is CN(C)CC/C=C1\c2cc(C#N)ccc2C=Cn2cccc21. The van der Waals surface area contributed by atoms with Gasteiger partial charge in [-0.15, -0.1) is 0 Å². The van der Waals surface area contributed by atoms with E-state index in [-0.39, 0.29) is 0 Å². The zero-order valence-electron chi connectivity index (χ0n) is 13.0. The molecule has 3 heteroatoms. The number of benzene rings is 1. The molecule has 22 heavy (non-hydrogen) atoms. The first-order valence-corrected chi connectivity index (χ1v) is 7.44. The van der Waals surface area contributed by atoms with Crippen molar-refractivity contribution >= 4 is 17.8 Å². The minimum absolute atomic E-state index is 0.700. The van der Waals surface area contributed by atoms with E-state index in [1.165, 1.54) is 11.3 Å². The highest BCUT2D eigenvalue weighted by Gasteiger charge is 2.15. The van der Waals surface area contributed by atoms with E-state index >= 15 is 0 Å². The van der Waals surface area contributed by atoms with Crippen molar-refractivity contribution < 1.29 is 0 Å². The molecule has 110 valence electrons. The Balaban J connectivity index is 2.12. The average molecular weight is 289 g/mol. The van der Waals surface area contributed by atoms with Gasteiger partial charge in [0.2, 0.25) is 0 Å². The van der Waals surface area contributed by atoms with Crippen LogP contribution in [0.4, 0.5) is 0 Å². The third-order valence-corrected chi connectivity index (χ3v) is 3.87. The predicted octanol–water partition coefficient (Wildman–Crippen LogP) is 3.68. The number of nitrogens with zero attached hydrogens (tertiary/aromatic N) is 3. The lowest BCUT2D eigenvalue weighted by Crippen LogP contribution is -2.12.